The molecule has 0 aromatic heterocycles. The highest BCUT2D eigenvalue weighted by Crippen LogP contribution is 2.21. The number of nitrogens with one attached hydrogen (secondary N) is 1. The van der Waals surface area contributed by atoms with Crippen LogP contribution in [-0.2, 0) is 10.0 Å². The number of sulfonamides is 1. The minimum atomic E-state index is -3.39. The molecule has 0 bridgehead atoms. The average molecular weight is 229 g/mol. The van der Waals surface area contributed by atoms with Crippen molar-refractivity contribution in [3.8, 4) is 5.75 Å². The lowest BCUT2D eigenvalue weighted by molar-refractivity contribution is 0.410. The fraction of sp³-hybridized carbons (Fsp3) is 0.400. The monoisotopic (exact) mass is 229 g/mol. The van der Waals surface area contributed by atoms with Crippen LogP contribution in [0.2, 0.25) is 0 Å². The van der Waals surface area contributed by atoms with Crippen molar-refractivity contribution >= 4 is 10.0 Å². The second kappa shape index (κ2) is 4.63. The van der Waals surface area contributed by atoms with Crippen LogP contribution in [0.5, 0.6) is 5.75 Å². The highest BCUT2D eigenvalue weighted by molar-refractivity contribution is 7.89. The van der Waals surface area contributed by atoms with E-state index < -0.39 is 10.0 Å². The number of aryl methyl sites for hydroxylation is 1. The van der Waals surface area contributed by atoms with Crippen molar-refractivity contribution < 1.29 is 13.2 Å². The fourth-order valence-corrected chi connectivity index (χ4v) is 2.30. The van der Waals surface area contributed by atoms with Crippen molar-refractivity contribution in [2.45, 2.75) is 18.7 Å². The standard InChI is InChI=1S/C10H15NO3S/c1-4-11-15(12,13)9-6-5-8(2)10(7-9)14-3/h5-7,11H,4H2,1-3H3. The number of ether oxygens (including phenoxy) is 1. The predicted molar refractivity (Wildman–Crippen MR) is 58.6 cm³/mol. The lowest BCUT2D eigenvalue weighted by atomic mass is 10.2. The molecule has 1 aromatic rings. The van der Waals surface area contributed by atoms with Crippen molar-refractivity contribution in [2.24, 2.45) is 0 Å². The molecule has 0 spiro atoms. The van der Waals surface area contributed by atoms with Gasteiger partial charge in [-0.05, 0) is 18.6 Å². The minimum absolute atomic E-state index is 0.229. The molecule has 0 unspecified atom stereocenters. The third-order valence-electron chi connectivity index (χ3n) is 2.02. The molecule has 0 fully saturated rings. The average Bonchev–Trinajstić information content (AvgIpc) is 2.18. The normalized spacial score (nSPS) is 11.4. The third kappa shape index (κ3) is 2.70. The first-order valence-electron chi connectivity index (χ1n) is 4.65. The first kappa shape index (κ1) is 12.0. The Hall–Kier alpha value is -1.07. The Morgan fingerprint density at radius 2 is 2.07 bits per heavy atom. The summed E-state index contributed by atoms with van der Waals surface area (Å²) in [4.78, 5) is 0.229. The molecule has 0 aliphatic carbocycles. The van der Waals surface area contributed by atoms with Gasteiger partial charge >= 0.3 is 0 Å². The van der Waals surface area contributed by atoms with E-state index in [4.69, 9.17) is 4.74 Å². The zero-order valence-electron chi connectivity index (χ0n) is 9.07. The summed E-state index contributed by atoms with van der Waals surface area (Å²) in [5.74, 6) is 0.578. The predicted octanol–water partition coefficient (Wildman–Crippen LogP) is 1.30. The Bertz CT molecular complexity index is 440. The molecule has 4 nitrogen and oxygen atoms in total. The van der Waals surface area contributed by atoms with Crippen LogP contribution in [0.3, 0.4) is 0 Å². The quantitative estimate of drug-likeness (QED) is 0.846. The van der Waals surface area contributed by atoms with Gasteiger partial charge in [0.25, 0.3) is 0 Å². The molecule has 0 saturated heterocycles. The molecule has 5 heteroatoms. The van der Waals surface area contributed by atoms with Crippen molar-refractivity contribution in [1.29, 1.82) is 0 Å². The van der Waals surface area contributed by atoms with Crippen LogP contribution in [-0.4, -0.2) is 22.1 Å². The number of rotatable bonds is 4. The summed E-state index contributed by atoms with van der Waals surface area (Å²) in [7, 11) is -1.87. The maximum absolute atomic E-state index is 11.6. The van der Waals surface area contributed by atoms with E-state index >= 15 is 0 Å². The second-order valence-electron chi connectivity index (χ2n) is 3.13. The summed E-state index contributed by atoms with van der Waals surface area (Å²) in [5.41, 5.74) is 0.910. The number of benzene rings is 1. The Morgan fingerprint density at radius 3 is 2.60 bits per heavy atom. The van der Waals surface area contributed by atoms with Gasteiger partial charge in [-0.25, -0.2) is 13.1 Å². The van der Waals surface area contributed by atoms with Crippen LogP contribution >= 0.6 is 0 Å². The van der Waals surface area contributed by atoms with Gasteiger partial charge in [-0.15, -0.1) is 0 Å². The van der Waals surface area contributed by atoms with Crippen LogP contribution < -0.4 is 9.46 Å². The summed E-state index contributed by atoms with van der Waals surface area (Å²) >= 11 is 0. The van der Waals surface area contributed by atoms with Crippen molar-refractivity contribution in [3.05, 3.63) is 23.8 Å². The minimum Gasteiger partial charge on any atom is -0.496 e. The van der Waals surface area contributed by atoms with Gasteiger partial charge in [0.15, 0.2) is 0 Å². The first-order chi connectivity index (χ1) is 7.01. The van der Waals surface area contributed by atoms with E-state index in [9.17, 15) is 8.42 Å². The summed E-state index contributed by atoms with van der Waals surface area (Å²) in [5, 5.41) is 0. The maximum atomic E-state index is 11.6. The Balaban J connectivity index is 3.17. The molecule has 0 atom stereocenters. The lowest BCUT2D eigenvalue weighted by Gasteiger charge is -2.08. The zero-order chi connectivity index (χ0) is 11.5. The van der Waals surface area contributed by atoms with Gasteiger partial charge < -0.3 is 4.74 Å². The number of hydrogen-bond acceptors (Lipinski definition) is 3. The van der Waals surface area contributed by atoms with E-state index in [0.717, 1.165) is 5.56 Å². The SMILES string of the molecule is CCNS(=O)(=O)c1ccc(C)c(OC)c1. The maximum Gasteiger partial charge on any atom is 0.240 e. The van der Waals surface area contributed by atoms with Crippen molar-refractivity contribution in [2.75, 3.05) is 13.7 Å². The van der Waals surface area contributed by atoms with Crippen LogP contribution in [0.4, 0.5) is 0 Å². The topological polar surface area (TPSA) is 55.4 Å². The van der Waals surface area contributed by atoms with Gasteiger partial charge in [-0.2, -0.15) is 0 Å². The van der Waals surface area contributed by atoms with E-state index in [1.54, 1.807) is 19.1 Å². The van der Waals surface area contributed by atoms with Gasteiger partial charge in [0.1, 0.15) is 5.75 Å². The highest BCUT2D eigenvalue weighted by atomic mass is 32.2. The Morgan fingerprint density at radius 1 is 1.40 bits per heavy atom. The molecule has 0 aliphatic rings. The van der Waals surface area contributed by atoms with Gasteiger partial charge in [-0.3, -0.25) is 0 Å². The van der Waals surface area contributed by atoms with Gasteiger partial charge in [-0.1, -0.05) is 13.0 Å². The molecule has 0 aliphatic heterocycles. The molecule has 0 amide bonds. The van der Waals surface area contributed by atoms with Gasteiger partial charge in [0.2, 0.25) is 10.0 Å². The summed E-state index contributed by atoms with van der Waals surface area (Å²) in [6.45, 7) is 3.98. The first-order valence-corrected chi connectivity index (χ1v) is 6.14. The van der Waals surface area contributed by atoms with Crippen molar-refractivity contribution in [3.63, 3.8) is 0 Å². The zero-order valence-corrected chi connectivity index (χ0v) is 9.89. The molecule has 15 heavy (non-hydrogen) atoms. The van der Waals surface area contributed by atoms with E-state index in [-0.39, 0.29) is 4.90 Å². The molecule has 1 rings (SSSR count). The van der Waals surface area contributed by atoms with E-state index in [0.29, 0.717) is 12.3 Å². The molecule has 0 heterocycles. The Labute approximate surface area is 90.3 Å². The van der Waals surface area contributed by atoms with Crippen LogP contribution in [0.1, 0.15) is 12.5 Å². The summed E-state index contributed by atoms with van der Waals surface area (Å²) in [6.07, 6.45) is 0. The molecular formula is C10H15NO3S. The van der Waals surface area contributed by atoms with Gasteiger partial charge in [0.05, 0.1) is 12.0 Å². The van der Waals surface area contributed by atoms with Crippen LogP contribution in [0.15, 0.2) is 23.1 Å². The highest BCUT2D eigenvalue weighted by Gasteiger charge is 2.13. The molecule has 1 aromatic carbocycles. The van der Waals surface area contributed by atoms with Crippen LogP contribution in [0, 0.1) is 6.92 Å². The van der Waals surface area contributed by atoms with Crippen LogP contribution in [0.25, 0.3) is 0 Å². The largest absolute Gasteiger partial charge is 0.496 e. The summed E-state index contributed by atoms with van der Waals surface area (Å²) in [6, 6.07) is 4.81. The molecule has 0 saturated carbocycles. The number of methoxy groups -OCH3 is 1. The molecule has 1 N–H and O–H groups in total. The van der Waals surface area contributed by atoms with Gasteiger partial charge in [0, 0.05) is 12.6 Å². The van der Waals surface area contributed by atoms with E-state index in [1.807, 2.05) is 6.92 Å². The third-order valence-corrected chi connectivity index (χ3v) is 3.57. The molecule has 84 valence electrons. The number of hydrogen-bond donors (Lipinski definition) is 1. The molecular weight excluding hydrogens is 214 g/mol. The molecule has 0 radical (unpaired) electrons. The van der Waals surface area contributed by atoms with E-state index in [2.05, 4.69) is 4.72 Å². The second-order valence-corrected chi connectivity index (χ2v) is 4.90. The summed E-state index contributed by atoms with van der Waals surface area (Å²) < 4.78 is 30.8. The fourth-order valence-electron chi connectivity index (χ4n) is 1.24. The van der Waals surface area contributed by atoms with Crippen molar-refractivity contribution in [1.82, 2.24) is 4.72 Å². The van der Waals surface area contributed by atoms with E-state index in [1.165, 1.54) is 13.2 Å². The smallest absolute Gasteiger partial charge is 0.240 e. The Kier molecular flexibility index (Phi) is 3.71. The lowest BCUT2D eigenvalue weighted by Crippen LogP contribution is -2.23.